The molecule has 3 heterocycles. The third-order valence-corrected chi connectivity index (χ3v) is 6.90. The van der Waals surface area contributed by atoms with Crippen LogP contribution in [0.4, 0.5) is 0 Å². The summed E-state index contributed by atoms with van der Waals surface area (Å²) in [5, 5.41) is 2.86. The Hall–Kier alpha value is -4.39. The molecule has 2 amide bonds. The van der Waals surface area contributed by atoms with Gasteiger partial charge in [0.1, 0.15) is 18.1 Å². The molecule has 0 saturated carbocycles. The van der Waals surface area contributed by atoms with Gasteiger partial charge in [-0.05, 0) is 59.5 Å². The number of rotatable bonds is 9. The van der Waals surface area contributed by atoms with Gasteiger partial charge in [-0.2, -0.15) is 0 Å². The molecule has 5 rings (SSSR count). The maximum Gasteiger partial charge on any atom is 0.287 e. The summed E-state index contributed by atoms with van der Waals surface area (Å²) in [6.07, 6.45) is 3.18. The largest absolute Gasteiger partial charge is 0.486 e. The van der Waals surface area contributed by atoms with Crippen LogP contribution in [-0.4, -0.2) is 34.8 Å². The number of pyridine rings is 1. The number of hydrogen-bond donors (Lipinski definition) is 1. The lowest BCUT2D eigenvalue weighted by Gasteiger charge is -2.39. The number of ether oxygens (including phenoxy) is 1. The predicted molar refractivity (Wildman–Crippen MR) is 148 cm³/mol. The van der Waals surface area contributed by atoms with Gasteiger partial charge >= 0.3 is 0 Å². The first-order valence-corrected chi connectivity index (χ1v) is 13.4. The number of amides is 2. The minimum absolute atomic E-state index is 0.0856. The lowest BCUT2D eigenvalue weighted by Crippen LogP contribution is -2.42. The van der Waals surface area contributed by atoms with E-state index in [-0.39, 0.29) is 36.1 Å². The van der Waals surface area contributed by atoms with Crippen LogP contribution in [0.3, 0.4) is 0 Å². The Kier molecular flexibility index (Phi) is 8.06. The van der Waals surface area contributed by atoms with E-state index in [0.29, 0.717) is 31.0 Å². The molecule has 1 aliphatic heterocycles. The summed E-state index contributed by atoms with van der Waals surface area (Å²) in [4.78, 5) is 31.9. The Bertz CT molecular complexity index is 1420. The van der Waals surface area contributed by atoms with E-state index in [4.69, 9.17) is 9.15 Å². The van der Waals surface area contributed by atoms with Gasteiger partial charge in [-0.25, -0.2) is 0 Å². The number of nitrogens with one attached hydrogen (secondary N) is 1. The fourth-order valence-electron chi connectivity index (χ4n) is 4.92. The van der Waals surface area contributed by atoms with Crippen LogP contribution in [0.15, 0.2) is 89.5 Å². The van der Waals surface area contributed by atoms with E-state index in [1.807, 2.05) is 67.3 Å². The molecule has 1 atom stereocenters. The Morgan fingerprint density at radius 1 is 1.05 bits per heavy atom. The number of aromatic nitrogens is 1. The molecule has 0 bridgehead atoms. The van der Waals surface area contributed by atoms with Gasteiger partial charge in [0.05, 0.1) is 6.04 Å². The van der Waals surface area contributed by atoms with Crippen LogP contribution in [0.25, 0.3) is 0 Å². The first-order chi connectivity index (χ1) is 19.0. The van der Waals surface area contributed by atoms with E-state index in [1.54, 1.807) is 18.3 Å². The molecule has 200 valence electrons. The number of benzene rings is 2. The van der Waals surface area contributed by atoms with Gasteiger partial charge < -0.3 is 19.4 Å². The fourth-order valence-corrected chi connectivity index (χ4v) is 4.92. The molecule has 0 fully saturated rings. The quantitative estimate of drug-likeness (QED) is 0.319. The normalized spacial score (nSPS) is 14.6. The average Bonchev–Trinajstić information content (AvgIpc) is 3.45. The third-order valence-electron chi connectivity index (χ3n) is 6.90. The number of fused-ring (bicyclic) bond motifs is 1. The lowest BCUT2D eigenvalue weighted by molar-refractivity contribution is -0.136. The van der Waals surface area contributed by atoms with E-state index in [9.17, 15) is 9.59 Å². The van der Waals surface area contributed by atoms with Crippen LogP contribution >= 0.6 is 0 Å². The minimum Gasteiger partial charge on any atom is -0.486 e. The Morgan fingerprint density at radius 3 is 2.64 bits per heavy atom. The molecule has 0 spiro atoms. The molecule has 39 heavy (non-hydrogen) atoms. The van der Waals surface area contributed by atoms with Crippen LogP contribution in [0.2, 0.25) is 0 Å². The lowest BCUT2D eigenvalue weighted by atomic mass is 9.87. The van der Waals surface area contributed by atoms with Crippen molar-refractivity contribution in [3.05, 3.63) is 119 Å². The van der Waals surface area contributed by atoms with E-state index in [1.165, 1.54) is 5.56 Å². The summed E-state index contributed by atoms with van der Waals surface area (Å²) in [6, 6.07) is 25.2. The van der Waals surface area contributed by atoms with Crippen LogP contribution in [0.5, 0.6) is 5.75 Å². The van der Waals surface area contributed by atoms with E-state index in [2.05, 4.69) is 28.5 Å². The molecule has 0 saturated heterocycles. The van der Waals surface area contributed by atoms with Gasteiger partial charge in [0.25, 0.3) is 5.91 Å². The second-order valence-electron chi connectivity index (χ2n) is 9.99. The average molecular weight is 524 g/mol. The van der Waals surface area contributed by atoms with Gasteiger partial charge in [-0.1, -0.05) is 56.3 Å². The highest BCUT2D eigenvalue weighted by atomic mass is 16.5. The van der Waals surface area contributed by atoms with Crippen molar-refractivity contribution >= 4 is 11.8 Å². The first-order valence-electron chi connectivity index (χ1n) is 13.4. The maximum absolute atomic E-state index is 13.1. The van der Waals surface area contributed by atoms with Gasteiger partial charge in [-0.3, -0.25) is 14.6 Å². The number of hydrogen-bond acceptors (Lipinski definition) is 5. The predicted octanol–water partition coefficient (Wildman–Crippen LogP) is 5.36. The molecule has 7 heteroatoms. The molecule has 0 aliphatic carbocycles. The Balaban J connectivity index is 1.26. The topological polar surface area (TPSA) is 84.7 Å². The van der Waals surface area contributed by atoms with Crippen molar-refractivity contribution in [2.24, 2.45) is 5.92 Å². The summed E-state index contributed by atoms with van der Waals surface area (Å²) in [5.74, 6) is 1.27. The molecule has 2 aromatic carbocycles. The number of furan rings is 1. The number of carbonyl (C=O) groups excluding carboxylic acids is 2. The smallest absolute Gasteiger partial charge is 0.287 e. The Morgan fingerprint density at radius 2 is 1.87 bits per heavy atom. The highest BCUT2D eigenvalue weighted by molar-refractivity contribution is 5.91. The zero-order chi connectivity index (χ0) is 27.2. The molecule has 0 radical (unpaired) electrons. The standard InChI is InChI=1S/C32H33N3O4/c1-22(2)32(37)35-19-16-23-11-12-26(20-28(23)30(35)24-8-4-3-5-9-24)38-21-27-13-14-29(39-27)31(36)34-18-15-25-10-6-7-17-33-25/h3-14,17,20,22,30H,15-16,18-19,21H2,1-2H3,(H,34,36)/t30-/m1/s1. The minimum atomic E-state index is -0.272. The van der Waals surface area contributed by atoms with Crippen molar-refractivity contribution < 1.29 is 18.7 Å². The Labute approximate surface area is 228 Å². The monoisotopic (exact) mass is 523 g/mol. The van der Waals surface area contributed by atoms with Gasteiger partial charge in [0.15, 0.2) is 5.76 Å². The molecule has 2 aromatic heterocycles. The highest BCUT2D eigenvalue weighted by Crippen LogP contribution is 2.38. The molecule has 4 aromatic rings. The van der Waals surface area contributed by atoms with Crippen molar-refractivity contribution in [1.29, 1.82) is 0 Å². The summed E-state index contributed by atoms with van der Waals surface area (Å²) in [7, 11) is 0. The second-order valence-corrected chi connectivity index (χ2v) is 9.99. The van der Waals surface area contributed by atoms with Crippen LogP contribution in [0, 0.1) is 5.92 Å². The molecular formula is C32H33N3O4. The van der Waals surface area contributed by atoms with Crippen molar-refractivity contribution in [2.45, 2.75) is 39.3 Å². The summed E-state index contributed by atoms with van der Waals surface area (Å²) >= 11 is 0. The number of carbonyl (C=O) groups is 2. The van der Waals surface area contributed by atoms with Crippen LogP contribution in [-0.2, 0) is 24.2 Å². The highest BCUT2D eigenvalue weighted by Gasteiger charge is 2.33. The summed E-state index contributed by atoms with van der Waals surface area (Å²) < 4.78 is 11.8. The molecule has 1 aliphatic rings. The first kappa shape index (κ1) is 26.2. The molecule has 7 nitrogen and oxygen atoms in total. The molecule has 1 N–H and O–H groups in total. The zero-order valence-electron chi connectivity index (χ0n) is 22.3. The third kappa shape index (κ3) is 6.20. The van der Waals surface area contributed by atoms with Crippen molar-refractivity contribution in [2.75, 3.05) is 13.1 Å². The van der Waals surface area contributed by atoms with Gasteiger partial charge in [0, 0.05) is 37.3 Å². The number of nitrogens with zero attached hydrogens (tertiary/aromatic N) is 2. The van der Waals surface area contributed by atoms with Crippen molar-refractivity contribution in [1.82, 2.24) is 15.2 Å². The zero-order valence-corrected chi connectivity index (χ0v) is 22.3. The van der Waals surface area contributed by atoms with Gasteiger partial charge in [0.2, 0.25) is 5.91 Å². The summed E-state index contributed by atoms with van der Waals surface area (Å²) in [6.45, 7) is 5.22. The van der Waals surface area contributed by atoms with Crippen LogP contribution in [0.1, 0.15) is 58.6 Å². The van der Waals surface area contributed by atoms with Gasteiger partial charge in [-0.15, -0.1) is 0 Å². The molecular weight excluding hydrogens is 490 g/mol. The van der Waals surface area contributed by atoms with E-state index < -0.39 is 0 Å². The van der Waals surface area contributed by atoms with Crippen LogP contribution < -0.4 is 10.1 Å². The SMILES string of the molecule is CC(C)C(=O)N1CCc2ccc(OCc3ccc(C(=O)NCCc4ccccn4)o3)cc2[C@H]1c1ccccc1. The second kappa shape index (κ2) is 12.0. The molecule has 0 unspecified atom stereocenters. The van der Waals surface area contributed by atoms with E-state index in [0.717, 1.165) is 23.2 Å². The fraction of sp³-hybridized carbons (Fsp3) is 0.281. The van der Waals surface area contributed by atoms with E-state index >= 15 is 0 Å². The summed E-state index contributed by atoms with van der Waals surface area (Å²) in [5.41, 5.74) is 4.29. The maximum atomic E-state index is 13.1. The van der Waals surface area contributed by atoms with Crippen molar-refractivity contribution in [3.63, 3.8) is 0 Å². The van der Waals surface area contributed by atoms with Crippen molar-refractivity contribution in [3.8, 4) is 5.75 Å².